The van der Waals surface area contributed by atoms with E-state index in [0.717, 1.165) is 17.7 Å². The fourth-order valence-corrected chi connectivity index (χ4v) is 4.82. The van der Waals surface area contributed by atoms with Gasteiger partial charge in [-0.1, -0.05) is 65.0 Å². The Bertz CT molecular complexity index is 691. The number of benzene rings is 1. The van der Waals surface area contributed by atoms with E-state index in [-0.39, 0.29) is 23.0 Å². The SMILES string of the molecule is C=CC[C@H](O)[C@@H](C)[C@H](O[Si](C)(C)C(C)(C)C)[C@H](C)C/C=C\COCc1ccc(OC)cc1. The van der Waals surface area contributed by atoms with Crippen LogP contribution in [0.5, 0.6) is 5.75 Å². The Morgan fingerprint density at radius 3 is 2.22 bits per heavy atom. The molecule has 0 bridgehead atoms. The molecule has 32 heavy (non-hydrogen) atoms. The number of aliphatic hydroxyl groups excluding tert-OH is 1. The van der Waals surface area contributed by atoms with Crippen LogP contribution in [0.1, 0.15) is 53.0 Å². The van der Waals surface area contributed by atoms with Crippen molar-refractivity contribution in [1.29, 1.82) is 0 Å². The van der Waals surface area contributed by atoms with Gasteiger partial charge in [-0.05, 0) is 54.6 Å². The van der Waals surface area contributed by atoms with Crippen LogP contribution in [0.4, 0.5) is 0 Å². The van der Waals surface area contributed by atoms with E-state index in [1.54, 1.807) is 13.2 Å². The molecule has 0 unspecified atom stereocenters. The van der Waals surface area contributed by atoms with Crippen LogP contribution < -0.4 is 4.74 Å². The summed E-state index contributed by atoms with van der Waals surface area (Å²) in [5.74, 6) is 1.18. The van der Waals surface area contributed by atoms with Crippen molar-refractivity contribution in [3.8, 4) is 5.75 Å². The number of allylic oxidation sites excluding steroid dienone is 1. The van der Waals surface area contributed by atoms with Crippen molar-refractivity contribution in [3.63, 3.8) is 0 Å². The Kier molecular flexibility index (Phi) is 11.9. The van der Waals surface area contributed by atoms with E-state index in [9.17, 15) is 5.11 Å². The van der Waals surface area contributed by atoms with Crippen molar-refractivity contribution in [2.24, 2.45) is 11.8 Å². The molecule has 1 aromatic rings. The second-order valence-corrected chi connectivity index (χ2v) is 15.1. The lowest BCUT2D eigenvalue weighted by Crippen LogP contribution is -2.49. The fraction of sp³-hybridized carbons (Fsp3) is 0.630. The van der Waals surface area contributed by atoms with Gasteiger partial charge in [0.2, 0.25) is 0 Å². The van der Waals surface area contributed by atoms with Gasteiger partial charge in [-0.25, -0.2) is 0 Å². The molecule has 4 atom stereocenters. The third kappa shape index (κ3) is 9.22. The smallest absolute Gasteiger partial charge is 0.192 e. The van der Waals surface area contributed by atoms with E-state index >= 15 is 0 Å². The maximum atomic E-state index is 10.6. The molecule has 0 amide bonds. The number of ether oxygens (including phenoxy) is 2. The van der Waals surface area contributed by atoms with E-state index in [2.05, 4.69) is 66.4 Å². The van der Waals surface area contributed by atoms with Gasteiger partial charge in [0, 0.05) is 5.92 Å². The van der Waals surface area contributed by atoms with Crippen LogP contribution in [0.2, 0.25) is 18.1 Å². The molecular formula is C27H46O4Si. The molecule has 0 fully saturated rings. The van der Waals surface area contributed by atoms with Gasteiger partial charge in [0.05, 0.1) is 32.5 Å². The molecule has 0 heterocycles. The second-order valence-electron chi connectivity index (χ2n) is 10.3. The molecule has 182 valence electrons. The predicted octanol–water partition coefficient (Wildman–Crippen LogP) is 6.76. The third-order valence-corrected chi connectivity index (χ3v) is 11.1. The first-order chi connectivity index (χ1) is 14.9. The lowest BCUT2D eigenvalue weighted by atomic mass is 9.86. The van der Waals surface area contributed by atoms with Crippen LogP contribution in [0.25, 0.3) is 0 Å². The average Bonchev–Trinajstić information content (AvgIpc) is 2.73. The molecule has 0 aromatic heterocycles. The van der Waals surface area contributed by atoms with Crippen molar-refractivity contribution in [3.05, 3.63) is 54.6 Å². The van der Waals surface area contributed by atoms with Crippen LogP contribution in [0.3, 0.4) is 0 Å². The first-order valence-corrected chi connectivity index (χ1v) is 14.7. The van der Waals surface area contributed by atoms with Crippen LogP contribution in [0, 0.1) is 11.8 Å². The van der Waals surface area contributed by atoms with E-state index in [4.69, 9.17) is 13.9 Å². The molecule has 0 aliphatic carbocycles. The van der Waals surface area contributed by atoms with Crippen molar-refractivity contribution in [1.82, 2.24) is 0 Å². The molecule has 1 N–H and O–H groups in total. The Morgan fingerprint density at radius 2 is 1.69 bits per heavy atom. The highest BCUT2D eigenvalue weighted by Gasteiger charge is 2.42. The van der Waals surface area contributed by atoms with E-state index in [0.29, 0.717) is 19.6 Å². The average molecular weight is 463 g/mol. The maximum Gasteiger partial charge on any atom is 0.192 e. The minimum Gasteiger partial charge on any atom is -0.497 e. The first kappa shape index (κ1) is 28.6. The predicted molar refractivity (Wildman–Crippen MR) is 138 cm³/mol. The molecule has 1 rings (SSSR count). The largest absolute Gasteiger partial charge is 0.497 e. The molecule has 0 spiro atoms. The monoisotopic (exact) mass is 462 g/mol. The number of aliphatic hydroxyl groups is 1. The summed E-state index contributed by atoms with van der Waals surface area (Å²) in [4.78, 5) is 0. The summed E-state index contributed by atoms with van der Waals surface area (Å²) in [5, 5.41) is 10.8. The Hall–Kier alpha value is -1.40. The van der Waals surface area contributed by atoms with Crippen molar-refractivity contribution in [2.75, 3.05) is 13.7 Å². The van der Waals surface area contributed by atoms with E-state index in [1.807, 2.05) is 24.3 Å². The fourth-order valence-electron chi connectivity index (χ4n) is 3.34. The molecular weight excluding hydrogens is 416 g/mol. The van der Waals surface area contributed by atoms with Gasteiger partial charge in [0.15, 0.2) is 8.32 Å². The number of methoxy groups -OCH3 is 1. The molecule has 0 aliphatic heterocycles. The zero-order chi connectivity index (χ0) is 24.4. The lowest BCUT2D eigenvalue weighted by molar-refractivity contribution is 0.00343. The first-order valence-electron chi connectivity index (χ1n) is 11.8. The Labute approximate surface area is 197 Å². The molecule has 0 saturated carbocycles. The molecule has 0 radical (unpaired) electrons. The standard InChI is InChI=1S/C27H46O4Si/c1-10-13-25(28)22(3)26(31-32(8,9)27(4,5)6)21(2)14-11-12-19-30-20-23-15-17-24(29-7)18-16-23/h10-12,15-18,21-22,25-26,28H,1,13-14,19-20H2,2-9H3/b12-11-/t21-,22-,25+,26-/m1/s1. The Balaban J connectivity index is 2.67. The van der Waals surface area contributed by atoms with E-state index < -0.39 is 14.4 Å². The third-order valence-electron chi connectivity index (χ3n) is 6.65. The highest BCUT2D eigenvalue weighted by atomic mass is 28.4. The van der Waals surface area contributed by atoms with Gasteiger partial charge < -0.3 is 19.0 Å². The molecule has 0 saturated heterocycles. The number of rotatable bonds is 14. The molecule has 1 aromatic carbocycles. The lowest BCUT2D eigenvalue weighted by Gasteiger charge is -2.43. The van der Waals surface area contributed by atoms with Gasteiger partial charge in [0.1, 0.15) is 5.75 Å². The summed E-state index contributed by atoms with van der Waals surface area (Å²) in [6, 6.07) is 7.92. The molecule has 0 aliphatic rings. The summed E-state index contributed by atoms with van der Waals surface area (Å²) < 4.78 is 17.8. The van der Waals surface area contributed by atoms with Gasteiger partial charge in [-0.15, -0.1) is 6.58 Å². The van der Waals surface area contributed by atoms with Gasteiger partial charge in [-0.3, -0.25) is 0 Å². The normalized spacial score (nSPS) is 16.5. The Morgan fingerprint density at radius 1 is 1.06 bits per heavy atom. The van der Waals surface area contributed by atoms with Crippen LogP contribution in [-0.2, 0) is 15.8 Å². The summed E-state index contributed by atoms with van der Waals surface area (Å²) in [5.41, 5.74) is 1.13. The number of hydrogen-bond donors (Lipinski definition) is 1. The topological polar surface area (TPSA) is 47.9 Å². The van der Waals surface area contributed by atoms with Crippen LogP contribution in [0.15, 0.2) is 49.1 Å². The highest BCUT2D eigenvalue weighted by Crippen LogP contribution is 2.40. The number of hydrogen-bond acceptors (Lipinski definition) is 4. The van der Waals surface area contributed by atoms with Crippen molar-refractivity contribution in [2.45, 2.75) is 84.4 Å². The van der Waals surface area contributed by atoms with Crippen LogP contribution >= 0.6 is 0 Å². The molecule has 4 nitrogen and oxygen atoms in total. The van der Waals surface area contributed by atoms with Crippen molar-refractivity contribution < 1.29 is 19.0 Å². The quantitative estimate of drug-likeness (QED) is 0.188. The molecule has 5 heteroatoms. The van der Waals surface area contributed by atoms with Crippen molar-refractivity contribution >= 4 is 8.32 Å². The summed E-state index contributed by atoms with van der Waals surface area (Å²) in [6.07, 6.45) is 7.06. The van der Waals surface area contributed by atoms with Crippen LogP contribution in [-0.4, -0.2) is 39.3 Å². The maximum absolute atomic E-state index is 10.6. The minimum atomic E-state index is -1.96. The zero-order valence-electron chi connectivity index (χ0n) is 21.6. The summed E-state index contributed by atoms with van der Waals surface area (Å²) in [6.45, 7) is 20.6. The van der Waals surface area contributed by atoms with Gasteiger partial charge in [-0.2, -0.15) is 0 Å². The minimum absolute atomic E-state index is 0.00397. The highest BCUT2D eigenvalue weighted by molar-refractivity contribution is 6.74. The summed E-state index contributed by atoms with van der Waals surface area (Å²) in [7, 11) is -0.295. The van der Waals surface area contributed by atoms with Gasteiger partial charge >= 0.3 is 0 Å². The van der Waals surface area contributed by atoms with E-state index in [1.165, 1.54) is 0 Å². The zero-order valence-corrected chi connectivity index (χ0v) is 22.6. The summed E-state index contributed by atoms with van der Waals surface area (Å²) >= 11 is 0. The van der Waals surface area contributed by atoms with Gasteiger partial charge in [0.25, 0.3) is 0 Å². The second kappa shape index (κ2) is 13.3.